The van der Waals surface area contributed by atoms with Crippen LogP contribution in [0.25, 0.3) is 0 Å². The maximum atomic E-state index is 12.6. The fourth-order valence-corrected chi connectivity index (χ4v) is 2.22. The van der Waals surface area contributed by atoms with Crippen LogP contribution in [-0.2, 0) is 11.3 Å². The lowest BCUT2D eigenvalue weighted by atomic mass is 10.2. The molecule has 0 fully saturated rings. The molecule has 1 amide bonds. The number of ether oxygens (including phenoxy) is 1. The van der Waals surface area contributed by atoms with Gasteiger partial charge in [0.15, 0.2) is 6.29 Å². The largest absolute Gasteiger partial charge is 0.443 e. The summed E-state index contributed by atoms with van der Waals surface area (Å²) in [6, 6.07) is 6.40. The molecule has 0 saturated carbocycles. The van der Waals surface area contributed by atoms with Gasteiger partial charge in [0.2, 0.25) is 0 Å². The van der Waals surface area contributed by atoms with Gasteiger partial charge in [-0.25, -0.2) is 14.8 Å². The third kappa shape index (κ3) is 5.41. The summed E-state index contributed by atoms with van der Waals surface area (Å²) >= 11 is 11.8. The SMILES string of the molecule is CC(C)(C)OC(=O)N(Cc1ccc(Cl)nc1)c1ccc(C=O)c(Cl)n1. The Balaban J connectivity index is 2.37. The van der Waals surface area contributed by atoms with Crippen molar-refractivity contribution in [3.05, 3.63) is 51.9 Å². The fourth-order valence-electron chi connectivity index (χ4n) is 1.91. The highest BCUT2D eigenvalue weighted by Gasteiger charge is 2.25. The van der Waals surface area contributed by atoms with Gasteiger partial charge in [-0.3, -0.25) is 9.69 Å². The number of rotatable bonds is 4. The van der Waals surface area contributed by atoms with Gasteiger partial charge in [0.1, 0.15) is 21.7 Å². The van der Waals surface area contributed by atoms with E-state index < -0.39 is 11.7 Å². The Morgan fingerprint density at radius 1 is 1.24 bits per heavy atom. The Morgan fingerprint density at radius 2 is 1.96 bits per heavy atom. The van der Waals surface area contributed by atoms with E-state index in [-0.39, 0.29) is 23.1 Å². The van der Waals surface area contributed by atoms with Crippen LogP contribution >= 0.6 is 23.2 Å². The van der Waals surface area contributed by atoms with Crippen molar-refractivity contribution in [1.29, 1.82) is 0 Å². The van der Waals surface area contributed by atoms with E-state index in [1.54, 1.807) is 39.1 Å². The molecule has 2 heterocycles. The fraction of sp³-hybridized carbons (Fsp3) is 0.294. The zero-order valence-electron chi connectivity index (χ0n) is 14.0. The number of hydrogen-bond donors (Lipinski definition) is 0. The molecule has 6 nitrogen and oxygen atoms in total. The van der Waals surface area contributed by atoms with Gasteiger partial charge >= 0.3 is 6.09 Å². The zero-order valence-corrected chi connectivity index (χ0v) is 15.5. The first kappa shape index (κ1) is 19.1. The highest BCUT2D eigenvalue weighted by molar-refractivity contribution is 6.31. The molecule has 0 aliphatic heterocycles. The van der Waals surface area contributed by atoms with Crippen LogP contribution in [0.1, 0.15) is 36.7 Å². The molecule has 0 saturated heterocycles. The summed E-state index contributed by atoms with van der Waals surface area (Å²) in [7, 11) is 0. The Bertz CT molecular complexity index is 774. The first-order valence-electron chi connectivity index (χ1n) is 7.42. The Morgan fingerprint density at radius 3 is 2.48 bits per heavy atom. The van der Waals surface area contributed by atoms with Gasteiger partial charge in [-0.2, -0.15) is 0 Å². The summed E-state index contributed by atoms with van der Waals surface area (Å²) in [5, 5.41) is 0.361. The lowest BCUT2D eigenvalue weighted by Gasteiger charge is -2.27. The van der Waals surface area contributed by atoms with Crippen LogP contribution in [-0.4, -0.2) is 27.9 Å². The monoisotopic (exact) mass is 381 g/mol. The van der Waals surface area contributed by atoms with Gasteiger partial charge in [0.25, 0.3) is 0 Å². The number of aldehydes is 1. The average Bonchev–Trinajstić information content (AvgIpc) is 2.52. The van der Waals surface area contributed by atoms with Crippen LogP contribution in [0, 0.1) is 0 Å². The Kier molecular flexibility index (Phi) is 5.98. The quantitative estimate of drug-likeness (QED) is 0.574. The van der Waals surface area contributed by atoms with Gasteiger partial charge < -0.3 is 4.74 Å². The van der Waals surface area contributed by atoms with Crippen molar-refractivity contribution in [1.82, 2.24) is 9.97 Å². The van der Waals surface area contributed by atoms with Crippen LogP contribution < -0.4 is 4.90 Å². The summed E-state index contributed by atoms with van der Waals surface area (Å²) in [6.45, 7) is 5.46. The van der Waals surface area contributed by atoms with E-state index in [2.05, 4.69) is 9.97 Å². The van der Waals surface area contributed by atoms with Crippen molar-refractivity contribution in [2.75, 3.05) is 4.90 Å². The zero-order chi connectivity index (χ0) is 18.6. The lowest BCUT2D eigenvalue weighted by Crippen LogP contribution is -2.37. The molecule has 0 radical (unpaired) electrons. The number of pyridine rings is 2. The summed E-state index contributed by atoms with van der Waals surface area (Å²) in [5.41, 5.74) is 0.287. The smallest absolute Gasteiger partial charge is 0.416 e. The second-order valence-corrected chi connectivity index (χ2v) is 6.97. The molecule has 0 aromatic carbocycles. The molecule has 25 heavy (non-hydrogen) atoms. The predicted octanol–water partition coefficient (Wildman–Crippen LogP) is 4.54. The number of aromatic nitrogens is 2. The van der Waals surface area contributed by atoms with Crippen molar-refractivity contribution < 1.29 is 14.3 Å². The summed E-state index contributed by atoms with van der Waals surface area (Å²) < 4.78 is 5.43. The number of hydrogen-bond acceptors (Lipinski definition) is 5. The highest BCUT2D eigenvalue weighted by atomic mass is 35.5. The predicted molar refractivity (Wildman–Crippen MR) is 96.3 cm³/mol. The number of carbonyl (C=O) groups is 2. The van der Waals surface area contributed by atoms with Crippen molar-refractivity contribution in [2.24, 2.45) is 0 Å². The maximum absolute atomic E-state index is 12.6. The molecular formula is C17H17Cl2N3O3. The molecule has 0 N–H and O–H groups in total. The minimum atomic E-state index is -0.680. The molecule has 0 aliphatic carbocycles. The van der Waals surface area contributed by atoms with E-state index in [1.165, 1.54) is 17.0 Å². The van der Waals surface area contributed by atoms with Gasteiger partial charge in [-0.1, -0.05) is 29.3 Å². The van der Waals surface area contributed by atoms with Crippen LogP contribution in [0.3, 0.4) is 0 Å². The molecule has 0 spiro atoms. The molecule has 2 aromatic heterocycles. The standard InChI is InChI=1S/C17H17Cl2N3O3/c1-17(2,3)25-16(24)22(9-11-4-6-13(18)20-8-11)14-7-5-12(10-23)15(19)21-14/h4-8,10H,9H2,1-3H3. The van der Waals surface area contributed by atoms with E-state index in [4.69, 9.17) is 27.9 Å². The van der Waals surface area contributed by atoms with E-state index in [9.17, 15) is 9.59 Å². The maximum Gasteiger partial charge on any atom is 0.416 e. The Hall–Kier alpha value is -2.18. The molecule has 2 rings (SSSR count). The van der Waals surface area contributed by atoms with E-state index in [1.807, 2.05) is 0 Å². The van der Waals surface area contributed by atoms with Gasteiger partial charge in [0.05, 0.1) is 12.1 Å². The van der Waals surface area contributed by atoms with Gasteiger partial charge in [-0.15, -0.1) is 0 Å². The second-order valence-electron chi connectivity index (χ2n) is 6.22. The van der Waals surface area contributed by atoms with Crippen molar-refractivity contribution >= 4 is 41.4 Å². The highest BCUT2D eigenvalue weighted by Crippen LogP contribution is 2.22. The van der Waals surface area contributed by atoms with Crippen LogP contribution in [0.2, 0.25) is 10.3 Å². The molecule has 0 bridgehead atoms. The molecule has 0 unspecified atom stereocenters. The normalized spacial score (nSPS) is 11.1. The van der Waals surface area contributed by atoms with Gasteiger partial charge in [0, 0.05) is 6.20 Å². The van der Waals surface area contributed by atoms with E-state index in [0.29, 0.717) is 11.4 Å². The van der Waals surface area contributed by atoms with Crippen molar-refractivity contribution in [2.45, 2.75) is 32.9 Å². The first-order chi connectivity index (χ1) is 11.7. The topological polar surface area (TPSA) is 72.4 Å². The minimum Gasteiger partial charge on any atom is -0.443 e. The van der Waals surface area contributed by atoms with Gasteiger partial charge in [-0.05, 0) is 44.5 Å². The number of carbonyl (C=O) groups excluding carboxylic acids is 2. The molecule has 132 valence electrons. The Labute approximate surface area is 155 Å². The van der Waals surface area contributed by atoms with Crippen molar-refractivity contribution in [3.63, 3.8) is 0 Å². The van der Waals surface area contributed by atoms with E-state index in [0.717, 1.165) is 5.56 Å². The van der Waals surface area contributed by atoms with Crippen LogP contribution in [0.5, 0.6) is 0 Å². The molecule has 0 atom stereocenters. The molecule has 0 aliphatic rings. The minimum absolute atomic E-state index is 0.00953. The molecule has 2 aromatic rings. The lowest BCUT2D eigenvalue weighted by molar-refractivity contribution is 0.0576. The number of halogens is 2. The first-order valence-corrected chi connectivity index (χ1v) is 8.18. The molecular weight excluding hydrogens is 365 g/mol. The molecule has 8 heteroatoms. The third-order valence-electron chi connectivity index (χ3n) is 3.01. The third-order valence-corrected chi connectivity index (χ3v) is 3.54. The van der Waals surface area contributed by atoms with Crippen LogP contribution in [0.15, 0.2) is 30.5 Å². The summed E-state index contributed by atoms with van der Waals surface area (Å²) in [5.74, 6) is 0.264. The van der Waals surface area contributed by atoms with E-state index >= 15 is 0 Å². The summed E-state index contributed by atoms with van der Waals surface area (Å²) in [4.78, 5) is 32.9. The number of amides is 1. The average molecular weight is 382 g/mol. The second kappa shape index (κ2) is 7.80. The number of anilines is 1. The van der Waals surface area contributed by atoms with Crippen molar-refractivity contribution in [3.8, 4) is 0 Å². The number of nitrogens with zero attached hydrogens (tertiary/aromatic N) is 3. The summed E-state index contributed by atoms with van der Waals surface area (Å²) in [6.07, 6.45) is 1.56. The van der Waals surface area contributed by atoms with Crippen LogP contribution in [0.4, 0.5) is 10.6 Å².